The summed E-state index contributed by atoms with van der Waals surface area (Å²) in [7, 11) is -9.21. The second-order valence-electron chi connectivity index (χ2n) is 7.44. The third-order valence-electron chi connectivity index (χ3n) is 6.34. The molecule has 0 heterocycles. The Bertz CT molecular complexity index is 371. The van der Waals surface area contributed by atoms with Gasteiger partial charge in [-0.25, -0.2) is 0 Å². The molecule has 0 spiro atoms. The van der Waals surface area contributed by atoms with Gasteiger partial charge in [0.05, 0.1) is 0 Å². The molecular formula is C18H46O4Si4. The summed E-state index contributed by atoms with van der Waals surface area (Å²) in [6, 6.07) is 8.60. The average molecular weight is 439 g/mol. The first-order valence-electron chi connectivity index (χ1n) is 11.0. The van der Waals surface area contributed by atoms with E-state index in [4.69, 9.17) is 12.3 Å². The van der Waals surface area contributed by atoms with E-state index in [2.05, 4.69) is 48.5 Å². The fourth-order valence-electron chi connectivity index (χ4n) is 3.56. The average Bonchev–Trinajstić information content (AvgIpc) is 2.70. The Morgan fingerprint density at radius 3 is 1.08 bits per heavy atom. The molecule has 1 N–H and O–H groups in total. The van der Waals surface area contributed by atoms with Crippen LogP contribution in [0, 0.1) is 0 Å². The van der Waals surface area contributed by atoms with E-state index in [1.54, 1.807) is 0 Å². The lowest BCUT2D eigenvalue weighted by molar-refractivity contribution is 0.270. The van der Waals surface area contributed by atoms with Crippen LogP contribution in [0.25, 0.3) is 0 Å². The Hall–Kier alpha value is 0.708. The smallest absolute Gasteiger partial charge is 0.326 e. The zero-order valence-electron chi connectivity index (χ0n) is 19.0. The van der Waals surface area contributed by atoms with Crippen molar-refractivity contribution >= 4 is 34.0 Å². The lowest BCUT2D eigenvalue weighted by Crippen LogP contribution is -2.62. The lowest BCUT2D eigenvalue weighted by Gasteiger charge is -2.46. The summed E-state index contributed by atoms with van der Waals surface area (Å²) in [5.74, 6) is 0. The molecule has 0 aliphatic heterocycles. The highest BCUT2D eigenvalue weighted by Gasteiger charge is 2.51. The summed E-state index contributed by atoms with van der Waals surface area (Å²) in [6.07, 6.45) is 0. The molecular weight excluding hydrogens is 393 g/mol. The fraction of sp³-hybridized carbons (Fsp3) is 1.00. The Labute approximate surface area is 167 Å². The normalized spacial score (nSPS) is 14.1. The molecule has 0 rings (SSSR count). The van der Waals surface area contributed by atoms with Crippen LogP contribution in [0.2, 0.25) is 54.4 Å². The van der Waals surface area contributed by atoms with Gasteiger partial charge in [-0.2, -0.15) is 0 Å². The van der Waals surface area contributed by atoms with E-state index >= 15 is 0 Å². The minimum Gasteiger partial charge on any atom is -0.436 e. The van der Waals surface area contributed by atoms with Crippen molar-refractivity contribution in [3.05, 3.63) is 0 Å². The van der Waals surface area contributed by atoms with Gasteiger partial charge in [-0.15, -0.1) is 0 Å². The molecule has 0 bridgehead atoms. The van der Waals surface area contributed by atoms with Gasteiger partial charge in [0.2, 0.25) is 0 Å². The van der Waals surface area contributed by atoms with Crippen molar-refractivity contribution in [2.24, 2.45) is 0 Å². The lowest BCUT2D eigenvalue weighted by atomic mass is 10.9. The van der Waals surface area contributed by atoms with Gasteiger partial charge in [0.1, 0.15) is 0 Å². The summed E-state index contributed by atoms with van der Waals surface area (Å²) in [4.78, 5) is 11.0. The molecule has 0 atom stereocenters. The summed E-state index contributed by atoms with van der Waals surface area (Å²) < 4.78 is 20.7. The molecule has 0 fully saturated rings. The standard InChI is InChI=1S/C18H46O4Si4/c1-10-23(11-2,12-3)20-25(15-6,16-7)22-26(17-8,18-9)21-24(19,13-4)14-5/h19H,10-18H2,1-9H3. The van der Waals surface area contributed by atoms with Crippen molar-refractivity contribution in [1.29, 1.82) is 0 Å². The summed E-state index contributed by atoms with van der Waals surface area (Å²) in [5, 5.41) is 0. The molecule has 0 saturated heterocycles. The summed E-state index contributed by atoms with van der Waals surface area (Å²) in [5.41, 5.74) is 0. The minimum absolute atomic E-state index is 0.729. The van der Waals surface area contributed by atoms with Gasteiger partial charge < -0.3 is 17.1 Å². The Morgan fingerprint density at radius 1 is 0.462 bits per heavy atom. The van der Waals surface area contributed by atoms with Crippen molar-refractivity contribution in [3.63, 3.8) is 0 Å². The Morgan fingerprint density at radius 2 is 0.808 bits per heavy atom. The van der Waals surface area contributed by atoms with Crippen LogP contribution in [-0.2, 0) is 12.3 Å². The molecule has 0 radical (unpaired) electrons. The monoisotopic (exact) mass is 438 g/mol. The van der Waals surface area contributed by atoms with E-state index in [9.17, 15) is 4.80 Å². The van der Waals surface area contributed by atoms with Crippen molar-refractivity contribution < 1.29 is 17.1 Å². The van der Waals surface area contributed by atoms with Crippen LogP contribution in [-0.4, -0.2) is 38.8 Å². The van der Waals surface area contributed by atoms with E-state index in [-0.39, 0.29) is 0 Å². The summed E-state index contributed by atoms with van der Waals surface area (Å²) in [6.45, 7) is 19.7. The van der Waals surface area contributed by atoms with Crippen LogP contribution in [0.1, 0.15) is 62.3 Å². The first kappa shape index (κ1) is 26.7. The van der Waals surface area contributed by atoms with Gasteiger partial charge in [-0.1, -0.05) is 62.3 Å². The van der Waals surface area contributed by atoms with Crippen LogP contribution in [0.5, 0.6) is 0 Å². The zero-order chi connectivity index (χ0) is 20.5. The predicted octanol–water partition coefficient (Wildman–Crippen LogP) is 6.48. The second-order valence-corrected chi connectivity index (χ2v) is 24.2. The van der Waals surface area contributed by atoms with Crippen molar-refractivity contribution in [3.8, 4) is 0 Å². The molecule has 0 aromatic carbocycles. The first-order valence-corrected chi connectivity index (χ1v) is 20.3. The largest absolute Gasteiger partial charge is 0.436 e. The van der Waals surface area contributed by atoms with Gasteiger partial charge in [0.15, 0.2) is 8.32 Å². The zero-order valence-corrected chi connectivity index (χ0v) is 23.0. The highest BCUT2D eigenvalue weighted by atomic mass is 28.5. The molecule has 0 aromatic heterocycles. The van der Waals surface area contributed by atoms with Crippen molar-refractivity contribution in [1.82, 2.24) is 0 Å². The molecule has 8 heteroatoms. The van der Waals surface area contributed by atoms with Gasteiger partial charge in [0, 0.05) is 0 Å². The van der Waals surface area contributed by atoms with Crippen LogP contribution in [0.4, 0.5) is 0 Å². The predicted molar refractivity (Wildman–Crippen MR) is 123 cm³/mol. The van der Waals surface area contributed by atoms with Gasteiger partial charge in [-0.3, -0.25) is 0 Å². The summed E-state index contributed by atoms with van der Waals surface area (Å²) >= 11 is 0. The fourth-order valence-corrected chi connectivity index (χ4v) is 23.8. The third kappa shape index (κ3) is 6.65. The SMILES string of the molecule is CC[Si](O)(CC)O[Si](CC)(CC)O[Si](CC)(CC)O[Si](CC)(CC)CC. The molecule has 0 saturated carbocycles. The highest BCUT2D eigenvalue weighted by molar-refractivity contribution is 6.90. The highest BCUT2D eigenvalue weighted by Crippen LogP contribution is 2.36. The van der Waals surface area contributed by atoms with E-state index in [0.717, 1.165) is 54.4 Å². The molecule has 0 aliphatic rings. The van der Waals surface area contributed by atoms with Crippen LogP contribution < -0.4 is 0 Å². The van der Waals surface area contributed by atoms with E-state index < -0.39 is 34.0 Å². The number of hydrogen-bond acceptors (Lipinski definition) is 4. The van der Waals surface area contributed by atoms with Gasteiger partial charge in [-0.05, 0) is 54.4 Å². The topological polar surface area (TPSA) is 47.9 Å². The van der Waals surface area contributed by atoms with Crippen molar-refractivity contribution in [2.45, 2.75) is 117 Å². The molecule has 158 valence electrons. The Kier molecular flexibility index (Phi) is 12.0. The molecule has 0 amide bonds. The second kappa shape index (κ2) is 11.6. The maximum absolute atomic E-state index is 11.0. The Balaban J connectivity index is 5.83. The number of hydrogen-bond donors (Lipinski definition) is 1. The molecule has 0 aromatic rings. The van der Waals surface area contributed by atoms with E-state index in [0.29, 0.717) is 0 Å². The van der Waals surface area contributed by atoms with Crippen molar-refractivity contribution in [2.75, 3.05) is 0 Å². The van der Waals surface area contributed by atoms with Gasteiger partial charge in [0.25, 0.3) is 0 Å². The molecule has 0 unspecified atom stereocenters. The maximum Gasteiger partial charge on any atom is 0.326 e. The molecule has 4 nitrogen and oxygen atoms in total. The molecule has 26 heavy (non-hydrogen) atoms. The van der Waals surface area contributed by atoms with E-state index in [1.807, 2.05) is 13.8 Å². The van der Waals surface area contributed by atoms with Crippen LogP contribution >= 0.6 is 0 Å². The number of rotatable bonds is 15. The van der Waals surface area contributed by atoms with E-state index in [1.165, 1.54) is 0 Å². The van der Waals surface area contributed by atoms with Crippen LogP contribution in [0.15, 0.2) is 0 Å². The van der Waals surface area contributed by atoms with Crippen LogP contribution in [0.3, 0.4) is 0 Å². The van der Waals surface area contributed by atoms with Gasteiger partial charge >= 0.3 is 25.7 Å². The quantitative estimate of drug-likeness (QED) is 0.297. The maximum atomic E-state index is 11.0. The minimum atomic E-state index is -2.67. The molecule has 0 aliphatic carbocycles. The third-order valence-corrected chi connectivity index (χ3v) is 25.9. The first-order chi connectivity index (χ1) is 12.2.